The van der Waals surface area contributed by atoms with Crippen molar-refractivity contribution in [3.05, 3.63) is 60.9 Å². The van der Waals surface area contributed by atoms with Crippen LogP contribution in [0.25, 0.3) is 22.3 Å². The first kappa shape index (κ1) is 28.9. The van der Waals surface area contributed by atoms with Gasteiger partial charge in [-0.05, 0) is 76.4 Å². The molecule has 11 heteroatoms. The SMILES string of the molecule is CC(C)(C)OC(=O)N1CCC(N2CC[C@H](n3nc(-c4ccc(Oc5ccccc5)cc4)c4c(N)ncnc43)[C@@H](F)C2)CC1. The largest absolute Gasteiger partial charge is 0.457 e. The summed E-state index contributed by atoms with van der Waals surface area (Å²) in [5.41, 5.74) is 7.75. The highest BCUT2D eigenvalue weighted by atomic mass is 19.1. The molecule has 2 fully saturated rings. The molecule has 2 aliphatic rings. The van der Waals surface area contributed by atoms with E-state index in [4.69, 9.17) is 20.3 Å². The number of alkyl halides is 1. The maximum absolute atomic E-state index is 16.0. The second-order valence-electron chi connectivity index (χ2n) is 12.3. The quantitative estimate of drug-likeness (QED) is 0.309. The lowest BCUT2D eigenvalue weighted by Crippen LogP contribution is -2.52. The van der Waals surface area contributed by atoms with E-state index in [9.17, 15) is 4.79 Å². The highest BCUT2D eigenvalue weighted by Crippen LogP contribution is 2.36. The molecule has 2 aliphatic heterocycles. The van der Waals surface area contributed by atoms with Gasteiger partial charge in [0.2, 0.25) is 0 Å². The molecule has 43 heavy (non-hydrogen) atoms. The molecule has 4 aromatic rings. The highest BCUT2D eigenvalue weighted by molar-refractivity contribution is 5.98. The van der Waals surface area contributed by atoms with E-state index in [1.807, 2.05) is 75.4 Å². The van der Waals surface area contributed by atoms with Gasteiger partial charge in [-0.3, -0.25) is 4.90 Å². The zero-order chi connectivity index (χ0) is 30.1. The summed E-state index contributed by atoms with van der Waals surface area (Å²) < 4.78 is 29.1. The van der Waals surface area contributed by atoms with Crippen molar-refractivity contribution in [2.24, 2.45) is 0 Å². The predicted octanol–water partition coefficient (Wildman–Crippen LogP) is 5.85. The number of fused-ring (bicyclic) bond motifs is 1. The number of aromatic nitrogens is 4. The molecule has 0 bridgehead atoms. The maximum atomic E-state index is 16.0. The van der Waals surface area contributed by atoms with E-state index < -0.39 is 17.8 Å². The molecule has 2 N–H and O–H groups in total. The Morgan fingerprint density at radius 3 is 2.33 bits per heavy atom. The lowest BCUT2D eigenvalue weighted by Gasteiger charge is -2.43. The topological polar surface area (TPSA) is 112 Å². The Hall–Kier alpha value is -4.25. The molecule has 10 nitrogen and oxygen atoms in total. The van der Waals surface area contributed by atoms with E-state index in [1.165, 1.54) is 6.33 Å². The first-order valence-corrected chi connectivity index (χ1v) is 14.8. The summed E-state index contributed by atoms with van der Waals surface area (Å²) in [4.78, 5) is 25.1. The van der Waals surface area contributed by atoms with Crippen molar-refractivity contribution in [1.82, 2.24) is 29.5 Å². The third-order valence-corrected chi connectivity index (χ3v) is 8.11. The molecule has 1 amide bonds. The minimum atomic E-state index is -1.15. The minimum Gasteiger partial charge on any atom is -0.457 e. The summed E-state index contributed by atoms with van der Waals surface area (Å²) in [6.45, 7) is 7.84. The van der Waals surface area contributed by atoms with Crippen LogP contribution in [-0.2, 0) is 4.74 Å². The first-order valence-electron chi connectivity index (χ1n) is 14.8. The van der Waals surface area contributed by atoms with E-state index in [2.05, 4.69) is 14.9 Å². The number of nitrogen functional groups attached to an aromatic ring is 1. The number of carbonyl (C=O) groups is 1. The number of likely N-dealkylation sites (tertiary alicyclic amines) is 2. The number of nitrogens with zero attached hydrogens (tertiary/aromatic N) is 6. The molecule has 4 heterocycles. The number of benzene rings is 2. The standard InChI is InChI=1S/C32H38FN7O3/c1-32(2,3)43-31(41)38-16-13-22(14-17-38)39-18-15-26(25(33)19-39)40-30-27(29(34)35-20-36-30)28(37-40)21-9-11-24(12-10-21)42-23-7-5-4-6-8-23/h4-12,20,22,25-26H,13-19H2,1-3H3,(H2,34,35,36)/t25-,26-/m0/s1. The van der Waals surface area contributed by atoms with Crippen LogP contribution < -0.4 is 10.5 Å². The fourth-order valence-electron chi connectivity index (χ4n) is 6.00. The fourth-order valence-corrected chi connectivity index (χ4v) is 6.00. The molecule has 0 radical (unpaired) electrons. The number of ether oxygens (including phenoxy) is 2. The fraction of sp³-hybridized carbons (Fsp3) is 0.438. The second-order valence-corrected chi connectivity index (χ2v) is 12.3. The average Bonchev–Trinajstić information content (AvgIpc) is 3.38. The summed E-state index contributed by atoms with van der Waals surface area (Å²) in [5.74, 6) is 1.74. The number of nitrogens with two attached hydrogens (primary N) is 1. The van der Waals surface area contributed by atoms with Gasteiger partial charge in [0.25, 0.3) is 0 Å². The Labute approximate surface area is 250 Å². The van der Waals surface area contributed by atoms with Crippen molar-refractivity contribution in [3.8, 4) is 22.8 Å². The van der Waals surface area contributed by atoms with Crippen molar-refractivity contribution >= 4 is 22.9 Å². The van der Waals surface area contributed by atoms with Crippen molar-refractivity contribution in [3.63, 3.8) is 0 Å². The van der Waals surface area contributed by atoms with Gasteiger partial charge in [-0.1, -0.05) is 18.2 Å². The van der Waals surface area contributed by atoms with Crippen molar-refractivity contribution in [1.29, 1.82) is 0 Å². The van der Waals surface area contributed by atoms with Crippen LogP contribution in [0.5, 0.6) is 11.5 Å². The molecule has 226 valence electrons. The van der Waals surface area contributed by atoms with Gasteiger partial charge >= 0.3 is 6.09 Å². The van der Waals surface area contributed by atoms with Crippen LogP contribution in [0.1, 0.15) is 46.1 Å². The number of carbonyl (C=O) groups excluding carboxylic acids is 1. The van der Waals surface area contributed by atoms with Gasteiger partial charge < -0.3 is 20.1 Å². The van der Waals surface area contributed by atoms with Crippen LogP contribution in [0.3, 0.4) is 0 Å². The smallest absolute Gasteiger partial charge is 0.410 e. The molecule has 0 saturated carbocycles. The summed E-state index contributed by atoms with van der Waals surface area (Å²) in [5, 5.41) is 5.50. The van der Waals surface area contributed by atoms with E-state index in [1.54, 1.807) is 9.58 Å². The van der Waals surface area contributed by atoms with Crippen molar-refractivity contribution < 1.29 is 18.7 Å². The number of amides is 1. The van der Waals surface area contributed by atoms with E-state index in [-0.39, 0.29) is 12.1 Å². The summed E-state index contributed by atoms with van der Waals surface area (Å²) in [6, 6.07) is 16.9. The molecule has 0 unspecified atom stereocenters. The monoisotopic (exact) mass is 587 g/mol. The highest BCUT2D eigenvalue weighted by Gasteiger charge is 2.37. The minimum absolute atomic E-state index is 0.220. The molecule has 0 aliphatic carbocycles. The average molecular weight is 588 g/mol. The molecule has 2 atom stereocenters. The van der Waals surface area contributed by atoms with Gasteiger partial charge in [0.1, 0.15) is 41.1 Å². The van der Waals surface area contributed by atoms with Crippen LogP contribution in [0.15, 0.2) is 60.9 Å². The van der Waals surface area contributed by atoms with Crippen LogP contribution >= 0.6 is 0 Å². The molecule has 2 aromatic carbocycles. The zero-order valence-corrected chi connectivity index (χ0v) is 24.8. The number of rotatable bonds is 5. The Bertz CT molecular complexity index is 1560. The zero-order valence-electron chi connectivity index (χ0n) is 24.8. The second kappa shape index (κ2) is 11.8. The number of anilines is 1. The number of hydrogen-bond donors (Lipinski definition) is 1. The van der Waals surface area contributed by atoms with E-state index in [0.29, 0.717) is 54.3 Å². The van der Waals surface area contributed by atoms with Crippen LogP contribution in [0.2, 0.25) is 0 Å². The van der Waals surface area contributed by atoms with Gasteiger partial charge in [-0.25, -0.2) is 23.8 Å². The number of halogens is 1. The number of piperidine rings is 2. The van der Waals surface area contributed by atoms with Crippen molar-refractivity contribution in [2.45, 2.75) is 63.9 Å². The van der Waals surface area contributed by atoms with Crippen LogP contribution in [0, 0.1) is 0 Å². The van der Waals surface area contributed by atoms with Gasteiger partial charge in [0.15, 0.2) is 5.65 Å². The van der Waals surface area contributed by atoms with Crippen LogP contribution in [0.4, 0.5) is 15.0 Å². The van der Waals surface area contributed by atoms with Crippen molar-refractivity contribution in [2.75, 3.05) is 31.9 Å². The van der Waals surface area contributed by atoms with Gasteiger partial charge in [-0.15, -0.1) is 0 Å². The molecular weight excluding hydrogens is 549 g/mol. The molecular formula is C32H38FN7O3. The Balaban J connectivity index is 1.16. The first-order chi connectivity index (χ1) is 20.7. The third kappa shape index (κ3) is 6.27. The number of para-hydroxylation sites is 1. The summed E-state index contributed by atoms with van der Waals surface area (Å²) >= 11 is 0. The van der Waals surface area contributed by atoms with E-state index >= 15 is 4.39 Å². The molecule has 2 saturated heterocycles. The van der Waals surface area contributed by atoms with Gasteiger partial charge in [0.05, 0.1) is 11.4 Å². The summed E-state index contributed by atoms with van der Waals surface area (Å²) in [7, 11) is 0. The molecule has 0 spiro atoms. The maximum Gasteiger partial charge on any atom is 0.410 e. The molecule has 2 aromatic heterocycles. The van der Waals surface area contributed by atoms with E-state index in [0.717, 1.165) is 30.7 Å². The Morgan fingerprint density at radius 2 is 1.65 bits per heavy atom. The predicted molar refractivity (Wildman–Crippen MR) is 163 cm³/mol. The lowest BCUT2D eigenvalue weighted by atomic mass is 9.97. The number of hydrogen-bond acceptors (Lipinski definition) is 8. The van der Waals surface area contributed by atoms with Crippen LogP contribution in [-0.4, -0.2) is 79.6 Å². The van der Waals surface area contributed by atoms with Gasteiger partial charge in [-0.2, -0.15) is 5.10 Å². The third-order valence-electron chi connectivity index (χ3n) is 8.11. The summed E-state index contributed by atoms with van der Waals surface area (Å²) in [6.07, 6.45) is 2.13. The lowest BCUT2D eigenvalue weighted by molar-refractivity contribution is 0.00441. The normalized spacial score (nSPS) is 20.3. The van der Waals surface area contributed by atoms with Gasteiger partial charge in [0, 0.05) is 37.8 Å². The Morgan fingerprint density at radius 1 is 0.953 bits per heavy atom. The molecule has 6 rings (SSSR count). The Kier molecular flexibility index (Phi) is 7.91.